The second-order valence-electron chi connectivity index (χ2n) is 4.93. The van der Waals surface area contributed by atoms with Gasteiger partial charge in [0.2, 0.25) is 0 Å². The van der Waals surface area contributed by atoms with Gasteiger partial charge in [-0.1, -0.05) is 31.2 Å². The first-order valence-corrected chi connectivity index (χ1v) is 7.67. The summed E-state index contributed by atoms with van der Waals surface area (Å²) >= 11 is 3.25. The van der Waals surface area contributed by atoms with E-state index in [2.05, 4.69) is 46.4 Å². The molecule has 0 atom stereocenters. The highest BCUT2D eigenvalue weighted by molar-refractivity contribution is 9.10. The monoisotopic (exact) mass is 335 g/mol. The van der Waals surface area contributed by atoms with Crippen molar-refractivity contribution < 1.29 is 4.39 Å². The highest BCUT2D eigenvalue weighted by Gasteiger charge is 2.11. The molecule has 0 saturated carbocycles. The Morgan fingerprint density at radius 3 is 2.70 bits per heavy atom. The molecule has 0 aliphatic heterocycles. The molecule has 0 aliphatic rings. The molecule has 0 heterocycles. The minimum atomic E-state index is -0.200. The molecule has 106 valence electrons. The van der Waals surface area contributed by atoms with E-state index in [-0.39, 0.29) is 5.82 Å². The largest absolute Gasteiger partial charge is 0.313 e. The van der Waals surface area contributed by atoms with Gasteiger partial charge < -0.3 is 5.32 Å². The predicted octanol–water partition coefficient (Wildman–Crippen LogP) is 5.06. The molecule has 2 aromatic rings. The van der Waals surface area contributed by atoms with Gasteiger partial charge in [-0.3, -0.25) is 0 Å². The third-order valence-corrected chi connectivity index (χ3v) is 3.91. The van der Waals surface area contributed by atoms with Gasteiger partial charge in [0, 0.05) is 12.1 Å². The van der Waals surface area contributed by atoms with Gasteiger partial charge in [-0.15, -0.1) is 0 Å². The minimum Gasteiger partial charge on any atom is -0.313 e. The van der Waals surface area contributed by atoms with Crippen molar-refractivity contribution in [2.75, 3.05) is 6.54 Å². The number of halogens is 2. The summed E-state index contributed by atoms with van der Waals surface area (Å²) in [6, 6.07) is 11.6. The van der Waals surface area contributed by atoms with E-state index < -0.39 is 0 Å². The van der Waals surface area contributed by atoms with Crippen LogP contribution in [0.15, 0.2) is 40.9 Å². The molecule has 2 aromatic carbocycles. The Morgan fingerprint density at radius 2 is 1.95 bits per heavy atom. The van der Waals surface area contributed by atoms with Crippen LogP contribution in [0.1, 0.15) is 24.5 Å². The standard InChI is InChI=1S/C17H19BrFN/c1-3-9-20-11-13-8-7-12(2)15(10-13)14-5-4-6-16(18)17(14)19/h4-8,10,20H,3,9,11H2,1-2H3. The van der Waals surface area contributed by atoms with E-state index in [1.807, 2.05) is 19.1 Å². The predicted molar refractivity (Wildman–Crippen MR) is 86.3 cm³/mol. The van der Waals surface area contributed by atoms with Gasteiger partial charge in [-0.25, -0.2) is 4.39 Å². The topological polar surface area (TPSA) is 12.0 Å². The second kappa shape index (κ2) is 7.00. The lowest BCUT2D eigenvalue weighted by Gasteiger charge is -2.11. The van der Waals surface area contributed by atoms with E-state index in [9.17, 15) is 4.39 Å². The highest BCUT2D eigenvalue weighted by atomic mass is 79.9. The van der Waals surface area contributed by atoms with Crippen LogP contribution in [0.2, 0.25) is 0 Å². The van der Waals surface area contributed by atoms with Crippen molar-refractivity contribution in [1.29, 1.82) is 0 Å². The van der Waals surface area contributed by atoms with Crippen LogP contribution < -0.4 is 5.32 Å². The third-order valence-electron chi connectivity index (χ3n) is 3.30. The fourth-order valence-electron chi connectivity index (χ4n) is 2.19. The van der Waals surface area contributed by atoms with Gasteiger partial charge in [0.05, 0.1) is 4.47 Å². The van der Waals surface area contributed by atoms with E-state index in [0.717, 1.165) is 30.6 Å². The highest BCUT2D eigenvalue weighted by Crippen LogP contribution is 2.30. The maximum atomic E-state index is 14.2. The molecule has 0 radical (unpaired) electrons. The SMILES string of the molecule is CCCNCc1ccc(C)c(-c2cccc(Br)c2F)c1. The number of hydrogen-bond acceptors (Lipinski definition) is 1. The maximum Gasteiger partial charge on any atom is 0.145 e. The summed E-state index contributed by atoms with van der Waals surface area (Å²) in [5, 5.41) is 3.37. The van der Waals surface area contributed by atoms with Crippen LogP contribution in [-0.4, -0.2) is 6.54 Å². The summed E-state index contributed by atoms with van der Waals surface area (Å²) < 4.78 is 14.7. The van der Waals surface area contributed by atoms with E-state index in [1.165, 1.54) is 5.56 Å². The van der Waals surface area contributed by atoms with Crippen molar-refractivity contribution in [3.8, 4) is 11.1 Å². The molecule has 0 unspecified atom stereocenters. The van der Waals surface area contributed by atoms with E-state index >= 15 is 0 Å². The van der Waals surface area contributed by atoms with Gasteiger partial charge in [0.15, 0.2) is 0 Å². The summed E-state index contributed by atoms with van der Waals surface area (Å²) in [6.45, 7) is 5.97. The molecule has 3 heteroatoms. The summed E-state index contributed by atoms with van der Waals surface area (Å²) in [4.78, 5) is 0. The summed E-state index contributed by atoms with van der Waals surface area (Å²) in [5.74, 6) is -0.200. The molecule has 0 aliphatic carbocycles. The zero-order valence-electron chi connectivity index (χ0n) is 11.8. The normalized spacial score (nSPS) is 10.8. The first kappa shape index (κ1) is 15.2. The first-order chi connectivity index (χ1) is 9.63. The molecule has 2 rings (SSSR count). The Labute approximate surface area is 128 Å². The average molecular weight is 336 g/mol. The van der Waals surface area contributed by atoms with Crippen molar-refractivity contribution in [1.82, 2.24) is 5.32 Å². The fraction of sp³-hybridized carbons (Fsp3) is 0.294. The molecular weight excluding hydrogens is 317 g/mol. The average Bonchev–Trinajstić information content (AvgIpc) is 2.44. The van der Waals surface area contributed by atoms with Crippen molar-refractivity contribution in [2.45, 2.75) is 26.8 Å². The van der Waals surface area contributed by atoms with Crippen LogP contribution >= 0.6 is 15.9 Å². The van der Waals surface area contributed by atoms with Crippen LogP contribution in [0.5, 0.6) is 0 Å². The second-order valence-corrected chi connectivity index (χ2v) is 5.78. The molecule has 0 spiro atoms. The van der Waals surface area contributed by atoms with Crippen molar-refractivity contribution in [2.24, 2.45) is 0 Å². The van der Waals surface area contributed by atoms with Crippen LogP contribution in [0.3, 0.4) is 0 Å². The number of nitrogens with one attached hydrogen (secondary N) is 1. The lowest BCUT2D eigenvalue weighted by molar-refractivity contribution is 0.624. The van der Waals surface area contributed by atoms with Crippen molar-refractivity contribution >= 4 is 15.9 Å². The zero-order valence-corrected chi connectivity index (χ0v) is 13.4. The van der Waals surface area contributed by atoms with Gasteiger partial charge in [-0.2, -0.15) is 0 Å². The molecule has 0 bridgehead atoms. The molecule has 20 heavy (non-hydrogen) atoms. The van der Waals surface area contributed by atoms with Crippen LogP contribution in [-0.2, 0) is 6.54 Å². The fourth-order valence-corrected chi connectivity index (χ4v) is 2.56. The van der Waals surface area contributed by atoms with E-state index in [4.69, 9.17) is 0 Å². The zero-order chi connectivity index (χ0) is 14.5. The smallest absolute Gasteiger partial charge is 0.145 e. The van der Waals surface area contributed by atoms with Gasteiger partial charge >= 0.3 is 0 Å². The van der Waals surface area contributed by atoms with E-state index in [0.29, 0.717) is 10.0 Å². The Bertz CT molecular complexity index is 596. The lowest BCUT2D eigenvalue weighted by Crippen LogP contribution is -2.13. The minimum absolute atomic E-state index is 0.200. The summed E-state index contributed by atoms with van der Waals surface area (Å²) in [7, 11) is 0. The summed E-state index contributed by atoms with van der Waals surface area (Å²) in [6.07, 6.45) is 1.11. The number of hydrogen-bond donors (Lipinski definition) is 1. The molecule has 0 aromatic heterocycles. The number of benzene rings is 2. The Hall–Kier alpha value is -1.19. The van der Waals surface area contributed by atoms with Crippen molar-refractivity contribution in [3.63, 3.8) is 0 Å². The Kier molecular flexibility index (Phi) is 5.32. The maximum absolute atomic E-state index is 14.2. The van der Waals surface area contributed by atoms with Crippen LogP contribution in [0.25, 0.3) is 11.1 Å². The van der Waals surface area contributed by atoms with Crippen molar-refractivity contribution in [3.05, 3.63) is 57.8 Å². The summed E-state index contributed by atoms with van der Waals surface area (Å²) in [5.41, 5.74) is 3.87. The molecule has 1 N–H and O–H groups in total. The van der Waals surface area contributed by atoms with Gasteiger partial charge in [-0.05, 0) is 64.6 Å². The lowest BCUT2D eigenvalue weighted by atomic mass is 9.97. The molecule has 0 fully saturated rings. The molecule has 0 amide bonds. The first-order valence-electron chi connectivity index (χ1n) is 6.88. The van der Waals surface area contributed by atoms with Gasteiger partial charge in [0.25, 0.3) is 0 Å². The molecular formula is C17H19BrFN. The molecule has 1 nitrogen and oxygen atoms in total. The van der Waals surface area contributed by atoms with Crippen LogP contribution in [0.4, 0.5) is 4.39 Å². The third kappa shape index (κ3) is 3.47. The quantitative estimate of drug-likeness (QED) is 0.752. The number of rotatable bonds is 5. The van der Waals surface area contributed by atoms with Crippen LogP contribution in [0, 0.1) is 12.7 Å². The number of aryl methyl sites for hydroxylation is 1. The van der Waals surface area contributed by atoms with E-state index in [1.54, 1.807) is 6.07 Å². The molecule has 0 saturated heterocycles. The Balaban J connectivity index is 2.35. The Morgan fingerprint density at radius 1 is 1.15 bits per heavy atom. The van der Waals surface area contributed by atoms with Gasteiger partial charge in [0.1, 0.15) is 5.82 Å².